The number of benzene rings is 1. The molecule has 0 saturated heterocycles. The quantitative estimate of drug-likeness (QED) is 0.678. The van der Waals surface area contributed by atoms with Crippen LogP contribution in [0.2, 0.25) is 0 Å². The van der Waals surface area contributed by atoms with Gasteiger partial charge in [-0.3, -0.25) is 4.79 Å². The topological polar surface area (TPSA) is 64.6 Å². The molecule has 0 bridgehead atoms. The van der Waals surface area contributed by atoms with Gasteiger partial charge in [-0.25, -0.2) is 4.79 Å². The Kier molecular flexibility index (Phi) is 7.74. The van der Waals surface area contributed by atoms with Crippen molar-refractivity contribution < 1.29 is 19.1 Å². The zero-order chi connectivity index (χ0) is 18.2. The summed E-state index contributed by atoms with van der Waals surface area (Å²) in [6.45, 7) is 0.347. The largest absolute Gasteiger partial charge is 0.467 e. The van der Waals surface area contributed by atoms with Crippen LogP contribution < -0.4 is 5.32 Å². The molecule has 0 unspecified atom stereocenters. The van der Waals surface area contributed by atoms with Crippen molar-refractivity contribution >= 4 is 45.1 Å². The summed E-state index contributed by atoms with van der Waals surface area (Å²) >= 11 is 5.13. The van der Waals surface area contributed by atoms with Gasteiger partial charge in [-0.2, -0.15) is 0 Å². The van der Waals surface area contributed by atoms with Gasteiger partial charge in [-0.1, -0.05) is 28.1 Å². The first-order chi connectivity index (χ1) is 12.1. The molecule has 1 amide bonds. The molecule has 134 valence electrons. The molecule has 0 radical (unpaired) electrons. The van der Waals surface area contributed by atoms with E-state index in [1.54, 1.807) is 24.9 Å². The van der Waals surface area contributed by atoms with E-state index < -0.39 is 12.0 Å². The van der Waals surface area contributed by atoms with Crippen LogP contribution in [0.1, 0.15) is 22.3 Å². The van der Waals surface area contributed by atoms with Crippen LogP contribution >= 0.6 is 27.7 Å². The van der Waals surface area contributed by atoms with Crippen LogP contribution in [0.4, 0.5) is 0 Å². The number of nitrogens with one attached hydrogen (secondary N) is 1. The van der Waals surface area contributed by atoms with Crippen molar-refractivity contribution in [3.8, 4) is 0 Å². The molecule has 0 aliphatic carbocycles. The molecule has 1 aromatic rings. The van der Waals surface area contributed by atoms with Crippen molar-refractivity contribution in [1.82, 2.24) is 5.32 Å². The number of carbonyl (C=O) groups is 2. The van der Waals surface area contributed by atoms with Crippen LogP contribution in [0.3, 0.4) is 0 Å². The second kappa shape index (κ2) is 9.79. The maximum Gasteiger partial charge on any atom is 0.328 e. The first-order valence-corrected chi connectivity index (χ1v) is 9.56. The zero-order valence-electron chi connectivity index (χ0n) is 14.1. The molecule has 0 saturated carbocycles. The monoisotopic (exact) mass is 425 g/mol. The van der Waals surface area contributed by atoms with Crippen LogP contribution in [-0.2, 0) is 14.3 Å². The summed E-state index contributed by atoms with van der Waals surface area (Å²) in [5.41, 5.74) is 2.43. The SMILES string of the molecule is COCC[C@H](NC(=O)c1ccc(Br)cc1C1=CC=CSC1)C(=O)OC. The van der Waals surface area contributed by atoms with E-state index in [9.17, 15) is 9.59 Å². The summed E-state index contributed by atoms with van der Waals surface area (Å²) in [7, 11) is 2.85. The molecule has 0 spiro atoms. The Hall–Kier alpha value is -1.57. The number of methoxy groups -OCH3 is 2. The van der Waals surface area contributed by atoms with Crippen molar-refractivity contribution in [2.75, 3.05) is 26.6 Å². The van der Waals surface area contributed by atoms with Crippen LogP contribution in [-0.4, -0.2) is 44.5 Å². The van der Waals surface area contributed by atoms with Crippen molar-refractivity contribution in [2.24, 2.45) is 0 Å². The number of halogens is 1. The third-order valence-corrected chi connectivity index (χ3v) is 5.01. The van der Waals surface area contributed by atoms with Gasteiger partial charge in [-0.15, -0.1) is 11.8 Å². The predicted molar refractivity (Wildman–Crippen MR) is 103 cm³/mol. The fraction of sp³-hybridized carbons (Fsp3) is 0.333. The first kappa shape index (κ1) is 19.8. The Balaban J connectivity index is 2.27. The molecule has 1 aromatic carbocycles. The van der Waals surface area contributed by atoms with E-state index in [0.29, 0.717) is 18.6 Å². The molecule has 5 nitrogen and oxygen atoms in total. The van der Waals surface area contributed by atoms with Gasteiger partial charge in [0.15, 0.2) is 0 Å². The lowest BCUT2D eigenvalue weighted by atomic mass is 9.99. The smallest absolute Gasteiger partial charge is 0.328 e. The summed E-state index contributed by atoms with van der Waals surface area (Å²) in [5.74, 6) is -0.00830. The molecule has 0 fully saturated rings. The van der Waals surface area contributed by atoms with E-state index >= 15 is 0 Å². The lowest BCUT2D eigenvalue weighted by Gasteiger charge is -2.19. The number of rotatable bonds is 7. The summed E-state index contributed by atoms with van der Waals surface area (Å²) in [5, 5.41) is 4.77. The Morgan fingerprint density at radius 1 is 1.36 bits per heavy atom. The summed E-state index contributed by atoms with van der Waals surface area (Å²) in [6, 6.07) is 4.74. The number of amides is 1. The van der Waals surface area contributed by atoms with Gasteiger partial charge in [0.05, 0.1) is 7.11 Å². The van der Waals surface area contributed by atoms with Crippen LogP contribution in [0, 0.1) is 0 Å². The number of hydrogen-bond acceptors (Lipinski definition) is 5. The molecule has 1 aliphatic rings. The van der Waals surface area contributed by atoms with Crippen molar-refractivity contribution in [3.05, 3.63) is 51.4 Å². The lowest BCUT2D eigenvalue weighted by Crippen LogP contribution is -2.42. The van der Waals surface area contributed by atoms with Crippen molar-refractivity contribution in [2.45, 2.75) is 12.5 Å². The number of thioether (sulfide) groups is 1. The standard InChI is InChI=1S/C18H20BrNO4S/c1-23-8-7-16(18(22)24-2)20-17(21)14-6-5-13(19)10-15(14)12-4-3-9-25-11-12/h3-6,9-10,16H,7-8,11H2,1-2H3,(H,20,21)/t16-/m0/s1. The average Bonchev–Trinajstić information content (AvgIpc) is 2.64. The molecule has 7 heteroatoms. The maximum absolute atomic E-state index is 12.8. The number of carbonyl (C=O) groups excluding carboxylic acids is 2. The molecule has 1 heterocycles. The minimum absolute atomic E-state index is 0.311. The molecular formula is C18H20BrNO4S. The average molecular weight is 426 g/mol. The Bertz CT molecular complexity index is 702. The number of esters is 1. The molecule has 1 N–H and O–H groups in total. The summed E-state index contributed by atoms with van der Waals surface area (Å²) in [4.78, 5) is 24.7. The number of allylic oxidation sites excluding steroid dienone is 2. The third-order valence-electron chi connectivity index (χ3n) is 3.68. The van der Waals surface area contributed by atoms with E-state index in [2.05, 4.69) is 21.2 Å². The van der Waals surface area contributed by atoms with Gasteiger partial charge in [0, 0.05) is 35.9 Å². The van der Waals surface area contributed by atoms with E-state index in [1.807, 2.05) is 29.7 Å². The fourth-order valence-corrected chi connectivity index (χ4v) is 3.49. The normalized spacial score (nSPS) is 14.6. The van der Waals surface area contributed by atoms with Crippen LogP contribution in [0.25, 0.3) is 5.57 Å². The van der Waals surface area contributed by atoms with Gasteiger partial charge < -0.3 is 14.8 Å². The van der Waals surface area contributed by atoms with Crippen LogP contribution in [0.5, 0.6) is 0 Å². The van der Waals surface area contributed by atoms with E-state index in [-0.39, 0.29) is 5.91 Å². The third kappa shape index (κ3) is 5.45. The minimum Gasteiger partial charge on any atom is -0.467 e. The van der Waals surface area contributed by atoms with Crippen molar-refractivity contribution in [3.63, 3.8) is 0 Å². The Labute approximate surface area is 160 Å². The highest BCUT2D eigenvalue weighted by Gasteiger charge is 2.24. The molecule has 1 atom stereocenters. The Morgan fingerprint density at radius 2 is 2.16 bits per heavy atom. The molecule has 2 rings (SSSR count). The minimum atomic E-state index is -0.747. The fourth-order valence-electron chi connectivity index (χ4n) is 2.41. The lowest BCUT2D eigenvalue weighted by molar-refractivity contribution is -0.143. The first-order valence-electron chi connectivity index (χ1n) is 7.71. The maximum atomic E-state index is 12.8. The highest BCUT2D eigenvalue weighted by molar-refractivity contribution is 9.10. The van der Waals surface area contributed by atoms with E-state index in [4.69, 9.17) is 9.47 Å². The highest BCUT2D eigenvalue weighted by atomic mass is 79.9. The molecule has 1 aliphatic heterocycles. The van der Waals surface area contributed by atoms with Crippen molar-refractivity contribution in [1.29, 1.82) is 0 Å². The highest BCUT2D eigenvalue weighted by Crippen LogP contribution is 2.29. The van der Waals surface area contributed by atoms with Crippen LogP contribution in [0.15, 0.2) is 40.2 Å². The molecule has 0 aromatic heterocycles. The van der Waals surface area contributed by atoms with Gasteiger partial charge in [0.2, 0.25) is 0 Å². The van der Waals surface area contributed by atoms with Gasteiger partial charge >= 0.3 is 5.97 Å². The molecule has 25 heavy (non-hydrogen) atoms. The van der Waals surface area contributed by atoms with Gasteiger partial charge in [0.1, 0.15) is 6.04 Å². The summed E-state index contributed by atoms with van der Waals surface area (Å²) in [6.07, 6.45) is 4.31. The Morgan fingerprint density at radius 3 is 2.80 bits per heavy atom. The van der Waals surface area contributed by atoms with Gasteiger partial charge in [0.25, 0.3) is 5.91 Å². The number of hydrogen-bond donors (Lipinski definition) is 1. The predicted octanol–water partition coefficient (Wildman–Crippen LogP) is 3.40. The second-order valence-electron chi connectivity index (χ2n) is 5.35. The van der Waals surface area contributed by atoms with E-state index in [1.165, 1.54) is 7.11 Å². The van der Waals surface area contributed by atoms with Gasteiger partial charge in [-0.05, 0) is 34.7 Å². The zero-order valence-corrected chi connectivity index (χ0v) is 16.5. The molecular weight excluding hydrogens is 406 g/mol. The number of ether oxygens (including phenoxy) is 2. The second-order valence-corrected chi connectivity index (χ2v) is 7.16. The van der Waals surface area contributed by atoms with E-state index in [0.717, 1.165) is 21.4 Å². The summed E-state index contributed by atoms with van der Waals surface area (Å²) < 4.78 is 10.7.